The molecule has 0 saturated carbocycles. The Hall–Kier alpha value is -1.25. The third-order valence-electron chi connectivity index (χ3n) is 4.79. The molecule has 1 heterocycles. The normalized spacial score (nSPS) is 24.3. The summed E-state index contributed by atoms with van der Waals surface area (Å²) in [6, 6.07) is 20.1. The number of benzene rings is 2. The van der Waals surface area contributed by atoms with E-state index in [4.69, 9.17) is 0 Å². The van der Waals surface area contributed by atoms with Crippen molar-refractivity contribution in [1.82, 2.24) is 5.32 Å². The summed E-state index contributed by atoms with van der Waals surface area (Å²) < 4.78 is 0. The lowest BCUT2D eigenvalue weighted by atomic mass is 9.85. The van der Waals surface area contributed by atoms with Crippen LogP contribution in [0.2, 0.25) is 0 Å². The summed E-state index contributed by atoms with van der Waals surface area (Å²) in [5.74, 6) is 1.84. The predicted molar refractivity (Wildman–Crippen MR) is 101 cm³/mol. The van der Waals surface area contributed by atoms with E-state index in [2.05, 4.69) is 80.7 Å². The zero-order chi connectivity index (χ0) is 16.3. The van der Waals surface area contributed by atoms with Gasteiger partial charge in [0.1, 0.15) is 0 Å². The Bertz CT molecular complexity index is 637. The summed E-state index contributed by atoms with van der Waals surface area (Å²) in [5.41, 5.74) is 2.98. The van der Waals surface area contributed by atoms with Gasteiger partial charge in [-0.05, 0) is 36.0 Å². The van der Waals surface area contributed by atoms with Gasteiger partial charge in [-0.25, -0.2) is 0 Å². The maximum Gasteiger partial charge on any atom is 0.0592 e. The van der Waals surface area contributed by atoms with Crippen molar-refractivity contribution in [1.29, 1.82) is 0 Å². The molecule has 2 atom stereocenters. The van der Waals surface area contributed by atoms with E-state index in [1.54, 1.807) is 0 Å². The van der Waals surface area contributed by atoms with Gasteiger partial charge in [-0.15, -0.1) is 11.8 Å². The molecular formula is C21H27NS. The summed E-state index contributed by atoms with van der Waals surface area (Å²) in [4.78, 5) is 1.42. The van der Waals surface area contributed by atoms with Gasteiger partial charge in [0.25, 0.3) is 0 Å². The molecule has 0 aromatic heterocycles. The van der Waals surface area contributed by atoms with Crippen LogP contribution in [0.3, 0.4) is 0 Å². The summed E-state index contributed by atoms with van der Waals surface area (Å²) in [6.07, 6.45) is 2.38. The molecule has 2 heteroatoms. The second-order valence-corrected chi connectivity index (χ2v) is 8.06. The quantitative estimate of drug-likeness (QED) is 0.777. The molecule has 0 radical (unpaired) electrons. The standard InChI is InChI=1S/C21H27NS/c1-4-21(14-16(2)3)15-23-19-13-9-8-12-18(19)20(22-21)17-10-6-5-7-11-17/h5-13,16,20,22H,4,14-15H2,1-3H3. The average Bonchev–Trinajstić information content (AvgIpc) is 2.73. The second kappa shape index (κ2) is 7.11. The van der Waals surface area contributed by atoms with Gasteiger partial charge >= 0.3 is 0 Å². The van der Waals surface area contributed by atoms with Crippen LogP contribution in [-0.2, 0) is 0 Å². The van der Waals surface area contributed by atoms with Crippen molar-refractivity contribution in [3.8, 4) is 0 Å². The fourth-order valence-electron chi connectivity index (χ4n) is 3.65. The minimum absolute atomic E-state index is 0.193. The maximum absolute atomic E-state index is 4.06. The molecule has 2 aromatic rings. The molecular weight excluding hydrogens is 298 g/mol. The highest BCUT2D eigenvalue weighted by atomic mass is 32.2. The zero-order valence-corrected chi connectivity index (χ0v) is 15.2. The van der Waals surface area contributed by atoms with Crippen molar-refractivity contribution in [3.63, 3.8) is 0 Å². The Labute approximate surface area is 144 Å². The van der Waals surface area contributed by atoms with E-state index < -0.39 is 0 Å². The van der Waals surface area contributed by atoms with Crippen LogP contribution in [0.25, 0.3) is 0 Å². The minimum atomic E-state index is 0.193. The van der Waals surface area contributed by atoms with Crippen molar-refractivity contribution in [2.45, 2.75) is 50.1 Å². The number of hydrogen-bond donors (Lipinski definition) is 1. The average molecular weight is 326 g/mol. The van der Waals surface area contributed by atoms with Crippen molar-refractivity contribution >= 4 is 11.8 Å². The smallest absolute Gasteiger partial charge is 0.0592 e. The molecule has 0 bridgehead atoms. The van der Waals surface area contributed by atoms with Crippen LogP contribution < -0.4 is 5.32 Å². The molecule has 2 aromatic carbocycles. The van der Waals surface area contributed by atoms with E-state index in [1.165, 1.54) is 22.4 Å². The molecule has 23 heavy (non-hydrogen) atoms. The highest BCUT2D eigenvalue weighted by Crippen LogP contribution is 2.40. The van der Waals surface area contributed by atoms with Crippen molar-refractivity contribution in [3.05, 3.63) is 65.7 Å². The van der Waals surface area contributed by atoms with E-state index in [0.717, 1.165) is 12.2 Å². The molecule has 1 N–H and O–H groups in total. The predicted octanol–water partition coefficient (Wildman–Crippen LogP) is 5.67. The zero-order valence-electron chi connectivity index (χ0n) is 14.4. The van der Waals surface area contributed by atoms with Crippen LogP contribution in [0.5, 0.6) is 0 Å². The molecule has 0 saturated heterocycles. The minimum Gasteiger partial charge on any atom is -0.300 e. The highest BCUT2D eigenvalue weighted by Gasteiger charge is 2.36. The van der Waals surface area contributed by atoms with Crippen LogP contribution in [-0.4, -0.2) is 11.3 Å². The Kier molecular flexibility index (Phi) is 5.13. The summed E-state index contributed by atoms with van der Waals surface area (Å²) in [7, 11) is 0. The molecule has 0 aliphatic carbocycles. The number of rotatable bonds is 4. The number of nitrogens with one attached hydrogen (secondary N) is 1. The lowest BCUT2D eigenvalue weighted by Crippen LogP contribution is -2.49. The SMILES string of the molecule is CCC1(CC(C)C)CSc2ccccc2C(c2ccccc2)N1. The summed E-state index contributed by atoms with van der Waals surface area (Å²) >= 11 is 2.02. The van der Waals surface area contributed by atoms with Gasteiger partial charge in [-0.3, -0.25) is 5.32 Å². The maximum atomic E-state index is 4.06. The van der Waals surface area contributed by atoms with Crippen LogP contribution in [0.4, 0.5) is 0 Å². The van der Waals surface area contributed by atoms with Gasteiger partial charge in [0.2, 0.25) is 0 Å². The lowest BCUT2D eigenvalue weighted by molar-refractivity contribution is 0.272. The van der Waals surface area contributed by atoms with Crippen LogP contribution in [0, 0.1) is 5.92 Å². The third-order valence-corrected chi connectivity index (χ3v) is 6.17. The van der Waals surface area contributed by atoms with Crippen molar-refractivity contribution in [2.75, 3.05) is 5.75 Å². The molecule has 122 valence electrons. The molecule has 0 spiro atoms. The van der Waals surface area contributed by atoms with Crippen molar-refractivity contribution in [2.24, 2.45) is 5.92 Å². The monoisotopic (exact) mass is 325 g/mol. The van der Waals surface area contributed by atoms with Gasteiger partial charge in [-0.1, -0.05) is 69.3 Å². The van der Waals surface area contributed by atoms with Gasteiger partial charge in [-0.2, -0.15) is 0 Å². The first-order valence-corrected chi connectivity index (χ1v) is 9.66. The highest BCUT2D eigenvalue weighted by molar-refractivity contribution is 7.99. The third kappa shape index (κ3) is 3.64. The number of thioether (sulfide) groups is 1. The topological polar surface area (TPSA) is 12.0 Å². The van der Waals surface area contributed by atoms with Crippen LogP contribution in [0.1, 0.15) is 50.8 Å². The Morgan fingerprint density at radius 2 is 1.78 bits per heavy atom. The first-order valence-electron chi connectivity index (χ1n) is 8.68. The van der Waals surface area contributed by atoms with E-state index in [9.17, 15) is 0 Å². The summed E-state index contributed by atoms with van der Waals surface area (Å²) in [6.45, 7) is 6.99. The van der Waals surface area contributed by atoms with E-state index in [-0.39, 0.29) is 11.6 Å². The largest absolute Gasteiger partial charge is 0.300 e. The fraction of sp³-hybridized carbons (Fsp3) is 0.429. The van der Waals surface area contributed by atoms with Gasteiger partial charge in [0, 0.05) is 16.2 Å². The Balaban J connectivity index is 2.05. The molecule has 0 amide bonds. The fourth-order valence-corrected chi connectivity index (χ4v) is 5.01. The van der Waals surface area contributed by atoms with Gasteiger partial charge < -0.3 is 0 Å². The van der Waals surface area contributed by atoms with Gasteiger partial charge in [0.15, 0.2) is 0 Å². The van der Waals surface area contributed by atoms with E-state index in [1.807, 2.05) is 11.8 Å². The Morgan fingerprint density at radius 1 is 1.09 bits per heavy atom. The summed E-state index contributed by atoms with van der Waals surface area (Å²) in [5, 5.41) is 4.06. The molecule has 2 unspecified atom stereocenters. The van der Waals surface area contributed by atoms with E-state index >= 15 is 0 Å². The molecule has 1 aliphatic heterocycles. The van der Waals surface area contributed by atoms with Crippen LogP contribution >= 0.6 is 11.8 Å². The first-order chi connectivity index (χ1) is 11.1. The Morgan fingerprint density at radius 3 is 2.48 bits per heavy atom. The molecule has 1 aliphatic rings. The second-order valence-electron chi connectivity index (χ2n) is 7.05. The molecule has 3 rings (SSSR count). The number of hydrogen-bond acceptors (Lipinski definition) is 2. The molecule has 1 nitrogen and oxygen atoms in total. The lowest BCUT2D eigenvalue weighted by Gasteiger charge is -2.37. The van der Waals surface area contributed by atoms with E-state index in [0.29, 0.717) is 5.92 Å². The number of fused-ring (bicyclic) bond motifs is 1. The molecule has 0 fully saturated rings. The van der Waals surface area contributed by atoms with Crippen LogP contribution in [0.15, 0.2) is 59.5 Å². The van der Waals surface area contributed by atoms with Gasteiger partial charge in [0.05, 0.1) is 6.04 Å². The van der Waals surface area contributed by atoms with Crippen molar-refractivity contribution < 1.29 is 0 Å². The first kappa shape index (κ1) is 16.6.